The van der Waals surface area contributed by atoms with Crippen LogP contribution in [-0.2, 0) is 8.85 Å². The maximum absolute atomic E-state index is 6.82. The lowest BCUT2D eigenvalue weighted by Gasteiger charge is -2.40. The van der Waals surface area contributed by atoms with E-state index in [9.17, 15) is 0 Å². The third-order valence-electron chi connectivity index (χ3n) is 5.47. The molecule has 25 heavy (non-hydrogen) atoms. The molecule has 0 amide bonds. The first-order chi connectivity index (χ1) is 11.8. The Hall–Kier alpha value is -1.22. The van der Waals surface area contributed by atoms with Gasteiger partial charge >= 0.3 is 8.56 Å². The van der Waals surface area contributed by atoms with Crippen LogP contribution >= 0.6 is 0 Å². The van der Waals surface area contributed by atoms with E-state index in [1.54, 1.807) is 0 Å². The summed E-state index contributed by atoms with van der Waals surface area (Å²) in [4.78, 5) is 0. The van der Waals surface area contributed by atoms with Crippen molar-refractivity contribution in [1.29, 1.82) is 0 Å². The smallest absolute Gasteiger partial charge is 0.465 e. The SMILES string of the molecule is C=C(C)[C@H]1C=C(O[Si](OC2=CCCCC2)(C(C)C)C(C)C)C(C)=CC1. The molecular formula is C22H36O2Si. The summed E-state index contributed by atoms with van der Waals surface area (Å²) in [6.45, 7) is 17.4. The summed E-state index contributed by atoms with van der Waals surface area (Å²) in [7, 11) is -2.44. The van der Waals surface area contributed by atoms with Gasteiger partial charge in [-0.3, -0.25) is 0 Å². The Labute approximate surface area is 155 Å². The summed E-state index contributed by atoms with van der Waals surface area (Å²) in [5, 5.41) is 0. The predicted octanol–water partition coefficient (Wildman–Crippen LogP) is 7.17. The van der Waals surface area contributed by atoms with Crippen molar-refractivity contribution in [2.45, 2.75) is 84.7 Å². The Morgan fingerprint density at radius 3 is 2.32 bits per heavy atom. The molecule has 0 radical (unpaired) electrons. The van der Waals surface area contributed by atoms with Crippen LogP contribution in [0, 0.1) is 5.92 Å². The quantitative estimate of drug-likeness (QED) is 0.354. The van der Waals surface area contributed by atoms with Crippen LogP contribution in [-0.4, -0.2) is 8.56 Å². The molecule has 2 nitrogen and oxygen atoms in total. The fourth-order valence-electron chi connectivity index (χ4n) is 3.68. The van der Waals surface area contributed by atoms with Gasteiger partial charge in [-0.2, -0.15) is 0 Å². The minimum Gasteiger partial charge on any atom is -0.516 e. The minimum absolute atomic E-state index is 0.374. The molecule has 2 aliphatic rings. The van der Waals surface area contributed by atoms with Crippen LogP contribution in [0.1, 0.15) is 73.6 Å². The monoisotopic (exact) mass is 360 g/mol. The molecule has 2 aliphatic carbocycles. The zero-order chi connectivity index (χ0) is 18.6. The van der Waals surface area contributed by atoms with Crippen molar-refractivity contribution in [3.05, 3.63) is 47.5 Å². The van der Waals surface area contributed by atoms with E-state index < -0.39 is 8.56 Å². The van der Waals surface area contributed by atoms with Gasteiger partial charge in [0.25, 0.3) is 0 Å². The van der Waals surface area contributed by atoms with E-state index >= 15 is 0 Å². The third kappa shape index (κ3) is 4.69. The average Bonchev–Trinajstić information content (AvgIpc) is 2.56. The minimum atomic E-state index is -2.44. The van der Waals surface area contributed by atoms with Crippen LogP contribution in [0.3, 0.4) is 0 Å². The Kier molecular flexibility index (Phi) is 6.78. The van der Waals surface area contributed by atoms with Gasteiger partial charge in [-0.15, -0.1) is 0 Å². The first kappa shape index (κ1) is 20.1. The summed E-state index contributed by atoms with van der Waals surface area (Å²) in [6.07, 6.45) is 12.6. The fourth-order valence-corrected chi connectivity index (χ4v) is 7.17. The van der Waals surface area contributed by atoms with E-state index in [-0.39, 0.29) is 0 Å². The molecule has 0 aromatic heterocycles. The molecule has 0 saturated carbocycles. The lowest BCUT2D eigenvalue weighted by Crippen LogP contribution is -2.48. The predicted molar refractivity (Wildman–Crippen MR) is 109 cm³/mol. The van der Waals surface area contributed by atoms with Gasteiger partial charge < -0.3 is 8.85 Å². The number of hydrogen-bond acceptors (Lipinski definition) is 2. The summed E-state index contributed by atoms with van der Waals surface area (Å²) in [6, 6.07) is 0. The summed E-state index contributed by atoms with van der Waals surface area (Å²) in [5.74, 6) is 2.55. The molecule has 0 N–H and O–H groups in total. The van der Waals surface area contributed by atoms with Crippen LogP contribution in [0.2, 0.25) is 11.1 Å². The first-order valence-corrected chi connectivity index (χ1v) is 11.8. The number of hydrogen-bond donors (Lipinski definition) is 0. The molecule has 0 bridgehead atoms. The molecule has 0 aromatic carbocycles. The Bertz CT molecular complexity index is 573. The highest BCUT2D eigenvalue weighted by atomic mass is 28.4. The van der Waals surface area contributed by atoms with Crippen LogP contribution in [0.4, 0.5) is 0 Å². The molecule has 0 aliphatic heterocycles. The second-order valence-electron chi connectivity index (χ2n) is 8.26. The zero-order valence-electron chi connectivity index (χ0n) is 17.0. The van der Waals surface area contributed by atoms with Crippen molar-refractivity contribution in [3.63, 3.8) is 0 Å². The second kappa shape index (κ2) is 8.44. The molecule has 0 aromatic rings. The standard InChI is InChI=1S/C22H36O2Si/c1-16(2)20-14-13-19(7)22(15-20)24-25(17(3)4,18(5)6)23-21-11-9-8-10-12-21/h11,13,15,17-18,20H,1,8-10,12,14H2,2-7H3/t20-/m1/s1. The fraction of sp³-hybridized carbons (Fsp3) is 0.636. The number of allylic oxidation sites excluding steroid dienone is 6. The van der Waals surface area contributed by atoms with E-state index in [0.29, 0.717) is 17.0 Å². The van der Waals surface area contributed by atoms with E-state index in [1.807, 2.05) is 0 Å². The Morgan fingerprint density at radius 2 is 1.80 bits per heavy atom. The number of rotatable bonds is 7. The molecular weight excluding hydrogens is 324 g/mol. The highest BCUT2D eigenvalue weighted by Gasteiger charge is 2.50. The van der Waals surface area contributed by atoms with Crippen molar-refractivity contribution in [2.75, 3.05) is 0 Å². The van der Waals surface area contributed by atoms with Gasteiger partial charge in [0, 0.05) is 23.4 Å². The van der Waals surface area contributed by atoms with E-state index in [1.165, 1.54) is 24.0 Å². The van der Waals surface area contributed by atoms with Crippen LogP contribution < -0.4 is 0 Å². The zero-order valence-corrected chi connectivity index (χ0v) is 18.0. The maximum atomic E-state index is 6.82. The van der Waals surface area contributed by atoms with Gasteiger partial charge in [0.2, 0.25) is 0 Å². The van der Waals surface area contributed by atoms with Gasteiger partial charge in [-0.1, -0.05) is 45.9 Å². The third-order valence-corrected chi connectivity index (χ3v) is 9.81. The molecule has 1 atom stereocenters. The maximum Gasteiger partial charge on any atom is 0.465 e. The van der Waals surface area contributed by atoms with Gasteiger partial charge in [0.05, 0.1) is 5.76 Å². The van der Waals surface area contributed by atoms with Crippen molar-refractivity contribution < 1.29 is 8.85 Å². The molecule has 3 heteroatoms. The largest absolute Gasteiger partial charge is 0.516 e. The Morgan fingerprint density at radius 1 is 1.12 bits per heavy atom. The molecule has 2 rings (SSSR count). The van der Waals surface area contributed by atoms with Crippen molar-refractivity contribution in [3.8, 4) is 0 Å². The highest BCUT2D eigenvalue weighted by molar-refractivity contribution is 6.70. The van der Waals surface area contributed by atoms with Gasteiger partial charge in [0.15, 0.2) is 0 Å². The molecule has 0 fully saturated rings. The molecule has 0 unspecified atom stereocenters. The second-order valence-corrected chi connectivity index (χ2v) is 12.4. The van der Waals surface area contributed by atoms with Gasteiger partial charge in [-0.25, -0.2) is 0 Å². The van der Waals surface area contributed by atoms with E-state index in [2.05, 4.69) is 66.3 Å². The van der Waals surface area contributed by atoms with Crippen molar-refractivity contribution >= 4 is 8.56 Å². The van der Waals surface area contributed by atoms with Gasteiger partial charge in [0.1, 0.15) is 5.76 Å². The lowest BCUT2D eigenvalue weighted by atomic mass is 9.91. The van der Waals surface area contributed by atoms with Gasteiger partial charge in [-0.05, 0) is 57.3 Å². The summed E-state index contributed by atoms with van der Waals surface area (Å²) >= 11 is 0. The van der Waals surface area contributed by atoms with E-state index in [4.69, 9.17) is 8.85 Å². The Balaban J connectivity index is 2.33. The van der Waals surface area contributed by atoms with Crippen molar-refractivity contribution in [1.82, 2.24) is 0 Å². The average molecular weight is 361 g/mol. The molecule has 0 saturated heterocycles. The molecule has 140 valence electrons. The topological polar surface area (TPSA) is 18.5 Å². The first-order valence-electron chi connectivity index (χ1n) is 9.87. The van der Waals surface area contributed by atoms with Crippen LogP contribution in [0.25, 0.3) is 0 Å². The summed E-state index contributed by atoms with van der Waals surface area (Å²) in [5.41, 5.74) is 3.20. The van der Waals surface area contributed by atoms with Crippen LogP contribution in [0.5, 0.6) is 0 Å². The highest BCUT2D eigenvalue weighted by Crippen LogP contribution is 2.41. The lowest BCUT2D eigenvalue weighted by molar-refractivity contribution is 0.228. The normalized spacial score (nSPS) is 21.6. The van der Waals surface area contributed by atoms with E-state index in [0.717, 1.165) is 30.8 Å². The molecule has 0 heterocycles. The van der Waals surface area contributed by atoms with Crippen LogP contribution in [0.15, 0.2) is 47.5 Å². The molecule has 0 spiro atoms. The van der Waals surface area contributed by atoms with Crippen molar-refractivity contribution in [2.24, 2.45) is 5.92 Å². The summed E-state index contributed by atoms with van der Waals surface area (Å²) < 4.78 is 13.6.